The maximum Gasteiger partial charge on any atom is 0.260 e. The van der Waals surface area contributed by atoms with E-state index < -0.39 is 12.1 Å². The maximum atomic E-state index is 13.7. The fourth-order valence-electron chi connectivity index (χ4n) is 10.00. The number of aliphatic imine (C=N–C) groups is 2. The highest BCUT2D eigenvalue weighted by Crippen LogP contribution is 2.41. The van der Waals surface area contributed by atoms with Gasteiger partial charge in [0.1, 0.15) is 17.8 Å². The molecule has 0 saturated carbocycles. The van der Waals surface area contributed by atoms with Crippen molar-refractivity contribution in [3.05, 3.63) is 113 Å². The minimum atomic E-state index is -0.710. The molecule has 8 amide bonds. The largest absolute Gasteiger partial charge is 0.497 e. The van der Waals surface area contributed by atoms with Gasteiger partial charge < -0.3 is 59.9 Å². The molecule has 1 saturated heterocycles. The average molecular weight is 1210 g/mol. The molecule has 0 aromatic heterocycles. The molecule has 5 N–H and O–H groups in total. The first-order valence-electron chi connectivity index (χ1n) is 29.3. The van der Waals surface area contributed by atoms with E-state index in [0.29, 0.717) is 83.7 Å². The number of aryl methyl sites for hydroxylation is 1. The van der Waals surface area contributed by atoms with Crippen LogP contribution < -0.4 is 45.0 Å². The van der Waals surface area contributed by atoms with E-state index in [1.54, 1.807) is 88.3 Å². The number of anilines is 1. The van der Waals surface area contributed by atoms with Crippen LogP contribution in [0.4, 0.5) is 17.1 Å². The van der Waals surface area contributed by atoms with E-state index in [2.05, 4.69) is 31.3 Å². The van der Waals surface area contributed by atoms with Crippen molar-refractivity contribution in [2.75, 3.05) is 59.6 Å². The van der Waals surface area contributed by atoms with E-state index in [1.807, 2.05) is 88.9 Å². The molecule has 23 heteroatoms. The highest BCUT2D eigenvalue weighted by atomic mass is 16.5. The molecular weight excluding hydrogens is 1130 g/mol. The number of hydrogen-bond acceptors (Lipinski definition) is 16. The van der Waals surface area contributed by atoms with Crippen molar-refractivity contribution < 1.29 is 67.1 Å². The van der Waals surface area contributed by atoms with Crippen molar-refractivity contribution in [1.29, 1.82) is 0 Å². The van der Waals surface area contributed by atoms with Crippen LogP contribution in [0.1, 0.15) is 112 Å². The second-order valence-corrected chi connectivity index (χ2v) is 22.0. The molecule has 9 rings (SSSR count). The molecule has 468 valence electrons. The van der Waals surface area contributed by atoms with Crippen LogP contribution in [0.5, 0.6) is 28.7 Å². The van der Waals surface area contributed by atoms with Crippen molar-refractivity contribution in [3.8, 4) is 28.7 Å². The molecule has 1 fully saturated rings. The Morgan fingerprint density at radius 3 is 1.80 bits per heavy atom. The highest BCUT2D eigenvalue weighted by molar-refractivity contribution is 6.07. The quantitative estimate of drug-likeness (QED) is 0.0383. The number of likely N-dealkylation sites (tertiary alicyclic amines) is 1. The molecular formula is C65H79N9O14. The summed E-state index contributed by atoms with van der Waals surface area (Å²) in [6.07, 6.45) is 10.0. The van der Waals surface area contributed by atoms with Gasteiger partial charge in [-0.25, -0.2) is 0 Å². The number of hydrogen-bond donors (Lipinski definition) is 5. The number of aliphatic hydroxyl groups excluding tert-OH is 1. The predicted octanol–water partition coefficient (Wildman–Crippen LogP) is 7.24. The Kier molecular flexibility index (Phi) is 23.2. The third-order valence-electron chi connectivity index (χ3n) is 15.0. The lowest BCUT2D eigenvalue weighted by molar-refractivity contribution is -0.139. The van der Waals surface area contributed by atoms with Gasteiger partial charge in [-0.15, -0.1) is 0 Å². The summed E-state index contributed by atoms with van der Waals surface area (Å²) in [5, 5.41) is 19.0. The number of methoxy groups -OCH3 is 3. The molecule has 1 unspecified atom stereocenters. The summed E-state index contributed by atoms with van der Waals surface area (Å²) in [5.41, 5.74) is 6.98. The lowest BCUT2D eigenvalue weighted by Gasteiger charge is -2.23. The number of ether oxygens (including phenoxy) is 5. The Labute approximate surface area is 512 Å². The van der Waals surface area contributed by atoms with Crippen LogP contribution in [-0.4, -0.2) is 158 Å². The van der Waals surface area contributed by atoms with Crippen molar-refractivity contribution in [1.82, 2.24) is 30.7 Å². The summed E-state index contributed by atoms with van der Waals surface area (Å²) in [6, 6.07) is 20.4. The van der Waals surface area contributed by atoms with E-state index in [9.17, 15) is 38.4 Å². The molecule has 5 atom stereocenters. The van der Waals surface area contributed by atoms with Gasteiger partial charge in [-0.05, 0) is 80.6 Å². The Bertz CT molecular complexity index is 3360. The van der Waals surface area contributed by atoms with Crippen LogP contribution in [0, 0.1) is 18.8 Å². The number of carbonyl (C=O) groups is 8. The van der Waals surface area contributed by atoms with Gasteiger partial charge in [0.25, 0.3) is 11.8 Å². The van der Waals surface area contributed by atoms with Crippen molar-refractivity contribution in [3.63, 3.8) is 0 Å². The lowest BCUT2D eigenvalue weighted by Crippen LogP contribution is -2.53. The molecule has 0 spiro atoms. The predicted molar refractivity (Wildman–Crippen MR) is 331 cm³/mol. The first-order valence-corrected chi connectivity index (χ1v) is 29.3. The molecule has 23 nitrogen and oxygen atoms in total. The number of amides is 8. The topological polar surface area (TPSA) is 286 Å². The van der Waals surface area contributed by atoms with Crippen LogP contribution in [0.25, 0.3) is 5.57 Å². The zero-order valence-corrected chi connectivity index (χ0v) is 51.5. The summed E-state index contributed by atoms with van der Waals surface area (Å²) in [6.45, 7) is 13.5. The Morgan fingerprint density at radius 1 is 0.693 bits per heavy atom. The van der Waals surface area contributed by atoms with Crippen LogP contribution in [-0.2, 0) is 28.8 Å². The number of nitrogens with one attached hydrogen (secondary N) is 4. The van der Waals surface area contributed by atoms with Crippen molar-refractivity contribution in [2.45, 2.75) is 111 Å². The highest BCUT2D eigenvalue weighted by Gasteiger charge is 2.37. The van der Waals surface area contributed by atoms with Gasteiger partial charge in [-0.3, -0.25) is 53.2 Å². The summed E-state index contributed by atoms with van der Waals surface area (Å²) in [4.78, 5) is 111. The molecule has 5 heterocycles. The van der Waals surface area contributed by atoms with Gasteiger partial charge in [-0.1, -0.05) is 63.1 Å². The summed E-state index contributed by atoms with van der Waals surface area (Å²) >= 11 is 0. The minimum absolute atomic E-state index is 0.0761. The number of rotatable bonds is 22. The van der Waals surface area contributed by atoms with Crippen LogP contribution in [0.2, 0.25) is 0 Å². The van der Waals surface area contributed by atoms with Crippen LogP contribution in [0.15, 0.2) is 101 Å². The second kappa shape index (κ2) is 30.8. The minimum Gasteiger partial charge on any atom is -0.497 e. The number of nitrogens with zero attached hydrogens (tertiary/aromatic N) is 5. The zero-order valence-electron chi connectivity index (χ0n) is 51.5. The fourth-order valence-corrected chi connectivity index (χ4v) is 10.00. The van der Waals surface area contributed by atoms with E-state index in [-0.39, 0.29) is 104 Å². The third kappa shape index (κ3) is 16.8. The molecule has 88 heavy (non-hydrogen) atoms. The number of imide groups is 1. The third-order valence-corrected chi connectivity index (χ3v) is 15.0. The number of aliphatic hydroxyl groups is 1. The summed E-state index contributed by atoms with van der Waals surface area (Å²) < 4.78 is 28.6. The molecule has 0 radical (unpaired) electrons. The number of carbonyl (C=O) groups excluding carboxylic acids is 8. The van der Waals surface area contributed by atoms with E-state index in [1.165, 1.54) is 0 Å². The van der Waals surface area contributed by atoms with Gasteiger partial charge >= 0.3 is 0 Å². The molecule has 5 aliphatic heterocycles. The number of fused-ring (bicyclic) bond motifs is 4. The zero-order chi connectivity index (χ0) is 63.8. The molecule has 4 aromatic carbocycles. The average Bonchev–Trinajstić information content (AvgIpc) is 2.04. The first-order chi connectivity index (χ1) is 42.2. The van der Waals surface area contributed by atoms with Crippen LogP contribution >= 0.6 is 0 Å². The van der Waals surface area contributed by atoms with E-state index in [0.717, 1.165) is 39.3 Å². The molecule has 0 bridgehead atoms. The summed E-state index contributed by atoms with van der Waals surface area (Å²) in [5.74, 6) is 0.490. The van der Waals surface area contributed by atoms with Gasteiger partial charge in [0, 0.05) is 93.8 Å². The number of benzene rings is 4. The Morgan fingerprint density at radius 2 is 1.27 bits per heavy atom. The van der Waals surface area contributed by atoms with Crippen LogP contribution in [0.3, 0.4) is 0 Å². The molecule has 0 aliphatic carbocycles. The smallest absolute Gasteiger partial charge is 0.260 e. The Hall–Kier alpha value is -9.38. The maximum absolute atomic E-state index is 13.7. The van der Waals surface area contributed by atoms with E-state index in [4.69, 9.17) is 28.8 Å². The van der Waals surface area contributed by atoms with Gasteiger partial charge in [0.05, 0.1) is 75.7 Å². The van der Waals surface area contributed by atoms with Gasteiger partial charge in [0.15, 0.2) is 23.0 Å². The second-order valence-electron chi connectivity index (χ2n) is 22.0. The van der Waals surface area contributed by atoms with Crippen molar-refractivity contribution >= 4 is 82.3 Å². The van der Waals surface area contributed by atoms with Crippen molar-refractivity contribution in [2.24, 2.45) is 21.8 Å². The molecule has 4 aromatic rings. The van der Waals surface area contributed by atoms with Gasteiger partial charge in [0.2, 0.25) is 35.4 Å². The SMILES string of the molecule is CC1CC(=O)N(CCC(=O)NCCO)C1=O.CCC(=O)N[C@H](C(=O)N[C@@H](C)C(=O)Nc1ccc(C)cc1)C(C)C.COc1ccc(C2=CN3C(=O)c4cc(OC)c(OCCCOc5cc6c(cc5OC)C(=O)N5C=C(C)C[C@@H]5C=N6)cc4N=C[C@H]3C2)cc1. The monoisotopic (exact) mass is 1210 g/mol. The first kappa shape index (κ1) is 66.2. The Balaban J connectivity index is 0.000000229. The normalized spacial score (nSPS) is 17.6. The summed E-state index contributed by atoms with van der Waals surface area (Å²) in [7, 11) is 4.72. The fraction of sp³-hybridized carbons (Fsp3) is 0.415. The standard InChI is InChI=1S/C37H36N4O7.C18H27N3O3.C10H16N2O4/c1-22-12-25-18-38-30-16-34(32(45-3)14-28(30)36(42)40(25)20-22)47-10-5-11-48-35-17-31-29(15-33(35)46-4)37(43)41-21-24(13-26(41)19-39-31)23-6-8-27(44-2)9-7-23;1-6-15(22)21-16(11(2)3)18(24)19-13(5)17(23)20-14-9-7-12(4)8-10-14;1-7-6-9(15)12(10(7)16)4-2-8(14)11-3-5-13/h6-9,14-21,25-26H,5,10-13H2,1-4H3;7-11,13,16H,6H2,1-5H3,(H,19,24)(H,20,23)(H,21,22);7,13H,2-6H2,1H3,(H,11,14)/t25-,26-;13-,16-;/m10./s1. The van der Waals surface area contributed by atoms with Gasteiger partial charge in [-0.2, -0.15) is 0 Å². The lowest BCUT2D eigenvalue weighted by atomic mass is 10.0. The molecule has 5 aliphatic rings. The van der Waals surface area contributed by atoms with E-state index >= 15 is 0 Å².